The van der Waals surface area contributed by atoms with Crippen LogP contribution in [-0.4, -0.2) is 27.7 Å². The van der Waals surface area contributed by atoms with Crippen LogP contribution in [0.15, 0.2) is 0 Å². The molecule has 0 radical (unpaired) electrons. The molecule has 0 unspecified atom stereocenters. The molecule has 1 aliphatic carbocycles. The van der Waals surface area contributed by atoms with E-state index in [-0.39, 0.29) is 17.7 Å². The minimum atomic E-state index is -0.969. The highest BCUT2D eigenvalue weighted by molar-refractivity contribution is 6.22. The number of hydrogen-bond donors (Lipinski definition) is 2. The van der Waals surface area contributed by atoms with Crippen LogP contribution in [0, 0.1) is 5.92 Å². The molecule has 0 aromatic carbocycles. The number of aliphatic hydroxyl groups is 1. The Morgan fingerprint density at radius 2 is 2.30 bits per heavy atom. The molecule has 0 amide bonds. The Bertz CT molecular complexity index is 148. The highest BCUT2D eigenvalue weighted by Crippen LogP contribution is 2.39. The van der Waals surface area contributed by atoms with E-state index in [1.807, 2.05) is 0 Å². The van der Waals surface area contributed by atoms with Crippen LogP contribution in [-0.2, 0) is 4.79 Å². The van der Waals surface area contributed by atoms with Crippen molar-refractivity contribution in [2.45, 2.75) is 24.3 Å². The Labute approximate surface area is 63.6 Å². The van der Waals surface area contributed by atoms with Gasteiger partial charge in [-0.1, -0.05) is 0 Å². The lowest BCUT2D eigenvalue weighted by Gasteiger charge is -2.03. The predicted molar refractivity (Wildman–Crippen MR) is 36.0 cm³/mol. The molecule has 0 heterocycles. The first kappa shape index (κ1) is 7.82. The zero-order valence-electron chi connectivity index (χ0n) is 5.33. The number of alkyl halides is 1. The molecule has 3 nitrogen and oxygen atoms in total. The van der Waals surface area contributed by atoms with Crippen LogP contribution in [0.4, 0.5) is 0 Å². The molecule has 0 saturated heterocycles. The molecule has 0 aliphatic heterocycles. The number of carboxylic acids is 1. The highest BCUT2D eigenvalue weighted by Gasteiger charge is 2.41. The maximum Gasteiger partial charge on any atom is 0.305 e. The summed E-state index contributed by atoms with van der Waals surface area (Å²) in [5, 5.41) is 17.3. The van der Waals surface area contributed by atoms with Crippen molar-refractivity contribution in [3.63, 3.8) is 0 Å². The summed E-state index contributed by atoms with van der Waals surface area (Å²) in [5.41, 5.74) is 0. The van der Waals surface area contributed by atoms with Gasteiger partial charge in [-0.2, -0.15) is 0 Å². The van der Waals surface area contributed by atoms with Crippen molar-refractivity contribution in [3.8, 4) is 0 Å². The van der Waals surface area contributed by atoms with Gasteiger partial charge >= 0.3 is 5.97 Å². The van der Waals surface area contributed by atoms with E-state index in [1.165, 1.54) is 0 Å². The zero-order chi connectivity index (χ0) is 7.72. The minimum absolute atomic E-state index is 0.00523. The second-order valence-corrected chi connectivity index (χ2v) is 3.14. The van der Waals surface area contributed by atoms with E-state index in [9.17, 15) is 4.79 Å². The van der Waals surface area contributed by atoms with Crippen molar-refractivity contribution in [2.75, 3.05) is 0 Å². The Kier molecular flexibility index (Phi) is 2.16. The number of aliphatic carboxylic acids is 1. The largest absolute Gasteiger partial charge is 0.481 e. The van der Waals surface area contributed by atoms with Gasteiger partial charge in [-0.05, 0) is 6.42 Å². The van der Waals surface area contributed by atoms with Crippen LogP contribution in [0.25, 0.3) is 0 Å². The molecule has 1 aliphatic rings. The summed E-state index contributed by atoms with van der Waals surface area (Å²) in [6.45, 7) is 0. The van der Waals surface area contributed by atoms with Crippen molar-refractivity contribution in [1.29, 1.82) is 0 Å². The zero-order valence-corrected chi connectivity index (χ0v) is 6.08. The van der Waals surface area contributed by atoms with Crippen molar-refractivity contribution >= 4 is 17.6 Å². The van der Waals surface area contributed by atoms with Gasteiger partial charge in [0.1, 0.15) is 0 Å². The Balaban J connectivity index is 2.22. The molecular weight excluding hydrogens is 156 g/mol. The van der Waals surface area contributed by atoms with Gasteiger partial charge in [-0.25, -0.2) is 0 Å². The topological polar surface area (TPSA) is 57.5 Å². The van der Waals surface area contributed by atoms with Gasteiger partial charge in [-0.15, -0.1) is 11.6 Å². The lowest BCUT2D eigenvalue weighted by atomic mass is 10.2. The van der Waals surface area contributed by atoms with Gasteiger partial charge < -0.3 is 10.2 Å². The van der Waals surface area contributed by atoms with Crippen molar-refractivity contribution in [2.24, 2.45) is 5.92 Å². The van der Waals surface area contributed by atoms with Gasteiger partial charge in [0.25, 0.3) is 0 Å². The Morgan fingerprint density at radius 3 is 2.60 bits per heavy atom. The van der Waals surface area contributed by atoms with E-state index in [4.69, 9.17) is 21.8 Å². The normalized spacial score (nSPS) is 33.4. The van der Waals surface area contributed by atoms with Crippen LogP contribution in [0.3, 0.4) is 0 Å². The van der Waals surface area contributed by atoms with Gasteiger partial charge in [0, 0.05) is 11.3 Å². The number of carboxylic acid groups (broad SMARTS) is 1. The first-order valence-corrected chi connectivity index (χ1v) is 3.59. The highest BCUT2D eigenvalue weighted by atomic mass is 35.5. The maximum absolute atomic E-state index is 10.0. The SMILES string of the molecule is O=C(O)C[C@H](O)[C@@H]1C[C@H]1Cl. The molecule has 58 valence electrons. The number of carbonyl (C=O) groups is 1. The molecule has 3 atom stereocenters. The molecule has 0 spiro atoms. The second-order valence-electron chi connectivity index (χ2n) is 2.58. The van der Waals surface area contributed by atoms with Crippen LogP contribution in [0.2, 0.25) is 0 Å². The molecule has 1 saturated carbocycles. The maximum atomic E-state index is 10.0. The van der Waals surface area contributed by atoms with E-state index in [0.29, 0.717) is 0 Å². The monoisotopic (exact) mass is 164 g/mol. The smallest absolute Gasteiger partial charge is 0.305 e. The number of aliphatic hydroxyl groups excluding tert-OH is 1. The third-order valence-corrected chi connectivity index (χ3v) is 2.14. The molecule has 0 aromatic rings. The summed E-state index contributed by atoms with van der Waals surface area (Å²) in [6.07, 6.45) is -0.191. The average molecular weight is 165 g/mol. The fourth-order valence-corrected chi connectivity index (χ4v) is 1.28. The molecular formula is C6H9ClO3. The van der Waals surface area contributed by atoms with Crippen molar-refractivity contribution < 1.29 is 15.0 Å². The summed E-state index contributed by atoms with van der Waals surface area (Å²) < 4.78 is 0. The third kappa shape index (κ3) is 1.85. The Hall–Kier alpha value is -0.280. The van der Waals surface area contributed by atoms with Crippen molar-refractivity contribution in [1.82, 2.24) is 0 Å². The Morgan fingerprint density at radius 1 is 1.80 bits per heavy atom. The van der Waals surface area contributed by atoms with Gasteiger partial charge in [0.05, 0.1) is 12.5 Å². The van der Waals surface area contributed by atoms with E-state index in [2.05, 4.69) is 0 Å². The molecule has 2 N–H and O–H groups in total. The first-order chi connectivity index (χ1) is 4.61. The number of rotatable bonds is 3. The first-order valence-electron chi connectivity index (χ1n) is 3.15. The fourth-order valence-electron chi connectivity index (χ4n) is 0.910. The standard InChI is InChI=1S/C6H9ClO3/c7-4-1-3(4)5(8)2-6(9)10/h3-5,8H,1-2H2,(H,9,10)/t3-,4-,5+/m1/s1. The second kappa shape index (κ2) is 2.76. The molecule has 4 heteroatoms. The van der Waals surface area contributed by atoms with Gasteiger partial charge in [0.2, 0.25) is 0 Å². The summed E-state index contributed by atoms with van der Waals surface area (Å²) in [4.78, 5) is 10.0. The van der Waals surface area contributed by atoms with Gasteiger partial charge in [-0.3, -0.25) is 4.79 Å². The minimum Gasteiger partial charge on any atom is -0.481 e. The number of hydrogen-bond acceptors (Lipinski definition) is 2. The van der Waals surface area contributed by atoms with E-state index in [0.717, 1.165) is 6.42 Å². The lowest BCUT2D eigenvalue weighted by Crippen LogP contribution is -2.15. The van der Waals surface area contributed by atoms with Crippen LogP contribution in [0.1, 0.15) is 12.8 Å². The molecule has 1 fully saturated rings. The van der Waals surface area contributed by atoms with Crippen molar-refractivity contribution in [3.05, 3.63) is 0 Å². The summed E-state index contributed by atoms with van der Waals surface area (Å²) in [5.74, 6) is -0.957. The number of halogens is 1. The van der Waals surface area contributed by atoms with Crippen LogP contribution in [0.5, 0.6) is 0 Å². The quantitative estimate of drug-likeness (QED) is 0.596. The molecule has 0 bridgehead atoms. The lowest BCUT2D eigenvalue weighted by molar-refractivity contribution is -0.139. The summed E-state index contributed by atoms with van der Waals surface area (Å²) in [7, 11) is 0. The summed E-state index contributed by atoms with van der Waals surface area (Å²) in [6, 6.07) is 0. The molecule has 0 aromatic heterocycles. The van der Waals surface area contributed by atoms with E-state index in [1.54, 1.807) is 0 Å². The summed E-state index contributed by atoms with van der Waals surface area (Å²) >= 11 is 5.58. The van der Waals surface area contributed by atoms with E-state index < -0.39 is 12.1 Å². The van der Waals surface area contributed by atoms with Gasteiger partial charge in [0.15, 0.2) is 0 Å². The van der Waals surface area contributed by atoms with Crippen LogP contribution >= 0.6 is 11.6 Å². The fraction of sp³-hybridized carbons (Fsp3) is 0.833. The molecule has 1 rings (SSSR count). The third-order valence-electron chi connectivity index (χ3n) is 1.64. The average Bonchev–Trinajstić information content (AvgIpc) is 2.44. The molecule has 10 heavy (non-hydrogen) atoms. The predicted octanol–water partition coefficient (Wildman–Crippen LogP) is 0.449. The van der Waals surface area contributed by atoms with E-state index >= 15 is 0 Å². The van der Waals surface area contributed by atoms with Crippen LogP contribution < -0.4 is 0 Å².